The van der Waals surface area contributed by atoms with E-state index in [1.807, 2.05) is 6.92 Å². The fraction of sp³-hybridized carbons (Fsp3) is 0.250. The Balaban J connectivity index is 2.35. The van der Waals surface area contributed by atoms with Gasteiger partial charge in [0.05, 0.1) is 0 Å². The van der Waals surface area contributed by atoms with Crippen LogP contribution < -0.4 is 5.32 Å². The lowest BCUT2D eigenvalue weighted by molar-refractivity contribution is 0.502. The largest absolute Gasteiger partial charge is 0.310 e. The molecule has 0 spiro atoms. The van der Waals surface area contributed by atoms with E-state index < -0.39 is 11.6 Å². The molecule has 0 radical (unpaired) electrons. The minimum atomic E-state index is -0.595. The summed E-state index contributed by atoms with van der Waals surface area (Å²) < 4.78 is 27.0. The molecule has 2 aromatic rings. The molecule has 0 aliphatic rings. The van der Waals surface area contributed by atoms with E-state index in [9.17, 15) is 8.78 Å². The van der Waals surface area contributed by atoms with E-state index in [0.29, 0.717) is 28.6 Å². The summed E-state index contributed by atoms with van der Waals surface area (Å²) in [5.41, 5.74) is 1.14. The standard InChI is InChI=1S/C16H15Cl2F2N/c1-2-21-16(11-7-6-10(19)8-15(11)20)9-12-13(17)4-3-5-14(12)18/h3-8,16,21H,2,9H2,1H3. The molecule has 0 aliphatic carbocycles. The average molecular weight is 330 g/mol. The predicted octanol–water partition coefficient (Wildman–Crippen LogP) is 5.16. The lowest BCUT2D eigenvalue weighted by Gasteiger charge is -2.20. The van der Waals surface area contributed by atoms with Gasteiger partial charge in [-0.15, -0.1) is 0 Å². The highest BCUT2D eigenvalue weighted by atomic mass is 35.5. The quantitative estimate of drug-likeness (QED) is 0.798. The van der Waals surface area contributed by atoms with Crippen LogP contribution in [0.4, 0.5) is 8.78 Å². The van der Waals surface area contributed by atoms with Crippen molar-refractivity contribution in [2.24, 2.45) is 0 Å². The minimum absolute atomic E-state index is 0.326. The van der Waals surface area contributed by atoms with Gasteiger partial charge in [0.25, 0.3) is 0 Å². The Kier molecular flexibility index (Phi) is 5.57. The van der Waals surface area contributed by atoms with Crippen LogP contribution in [-0.4, -0.2) is 6.54 Å². The number of halogens is 4. The summed E-state index contributed by atoms with van der Waals surface area (Å²) in [4.78, 5) is 0. The van der Waals surface area contributed by atoms with Crippen LogP contribution in [0.2, 0.25) is 10.0 Å². The molecule has 0 aromatic heterocycles. The number of rotatable bonds is 5. The van der Waals surface area contributed by atoms with Crippen LogP contribution in [0.5, 0.6) is 0 Å². The Hall–Kier alpha value is -1.16. The highest BCUT2D eigenvalue weighted by Crippen LogP contribution is 2.30. The van der Waals surface area contributed by atoms with Gasteiger partial charge in [-0.05, 0) is 36.7 Å². The molecule has 0 saturated carbocycles. The monoisotopic (exact) mass is 329 g/mol. The summed E-state index contributed by atoms with van der Waals surface area (Å²) in [6.45, 7) is 2.56. The molecular formula is C16H15Cl2F2N. The van der Waals surface area contributed by atoms with Crippen LogP contribution in [-0.2, 0) is 6.42 Å². The first-order valence-electron chi connectivity index (χ1n) is 6.64. The van der Waals surface area contributed by atoms with Gasteiger partial charge in [-0.2, -0.15) is 0 Å². The Morgan fingerprint density at radius 3 is 2.33 bits per heavy atom. The van der Waals surface area contributed by atoms with Crippen LogP contribution in [0.15, 0.2) is 36.4 Å². The Morgan fingerprint density at radius 2 is 1.76 bits per heavy atom. The van der Waals surface area contributed by atoms with E-state index in [4.69, 9.17) is 23.2 Å². The molecule has 0 heterocycles. The van der Waals surface area contributed by atoms with Crippen molar-refractivity contribution in [3.05, 3.63) is 69.2 Å². The number of hydrogen-bond acceptors (Lipinski definition) is 1. The fourth-order valence-electron chi connectivity index (χ4n) is 2.25. The Morgan fingerprint density at radius 1 is 1.10 bits per heavy atom. The molecule has 0 amide bonds. The molecule has 0 saturated heterocycles. The smallest absolute Gasteiger partial charge is 0.130 e. The van der Waals surface area contributed by atoms with E-state index in [1.54, 1.807) is 18.2 Å². The van der Waals surface area contributed by atoms with Crippen molar-refractivity contribution in [1.29, 1.82) is 0 Å². The van der Waals surface area contributed by atoms with E-state index in [1.165, 1.54) is 12.1 Å². The maximum Gasteiger partial charge on any atom is 0.130 e. The van der Waals surface area contributed by atoms with Gasteiger partial charge in [-0.25, -0.2) is 8.78 Å². The van der Waals surface area contributed by atoms with Gasteiger partial charge in [0.1, 0.15) is 11.6 Å². The third kappa shape index (κ3) is 3.94. The third-order valence-electron chi connectivity index (χ3n) is 3.26. The molecule has 0 fully saturated rings. The molecule has 1 unspecified atom stereocenters. The van der Waals surface area contributed by atoms with Gasteiger partial charge in [-0.1, -0.05) is 42.3 Å². The highest BCUT2D eigenvalue weighted by Gasteiger charge is 2.18. The normalized spacial score (nSPS) is 12.4. The fourth-order valence-corrected chi connectivity index (χ4v) is 2.81. The molecule has 2 rings (SSSR count). The van der Waals surface area contributed by atoms with Crippen LogP contribution in [0, 0.1) is 11.6 Å². The second-order valence-corrected chi connectivity index (χ2v) is 5.49. The van der Waals surface area contributed by atoms with Crippen molar-refractivity contribution in [2.45, 2.75) is 19.4 Å². The Labute approximate surface area is 132 Å². The maximum atomic E-state index is 14.0. The van der Waals surface area contributed by atoms with Crippen molar-refractivity contribution >= 4 is 23.2 Å². The first kappa shape index (κ1) is 16.2. The summed E-state index contributed by atoms with van der Waals surface area (Å²) in [6.07, 6.45) is 0.425. The number of likely N-dealkylation sites (N-methyl/N-ethyl adjacent to an activating group) is 1. The van der Waals surface area contributed by atoms with Crippen LogP contribution in [0.1, 0.15) is 24.1 Å². The molecular weight excluding hydrogens is 315 g/mol. The summed E-state index contributed by atoms with van der Waals surface area (Å²) in [5.74, 6) is -1.17. The third-order valence-corrected chi connectivity index (χ3v) is 3.97. The van der Waals surface area contributed by atoms with Crippen LogP contribution in [0.3, 0.4) is 0 Å². The van der Waals surface area contributed by atoms with E-state index in [0.717, 1.165) is 11.6 Å². The lowest BCUT2D eigenvalue weighted by Crippen LogP contribution is -2.24. The van der Waals surface area contributed by atoms with Gasteiger partial charge in [0.15, 0.2) is 0 Å². The highest BCUT2D eigenvalue weighted by molar-refractivity contribution is 6.36. The van der Waals surface area contributed by atoms with E-state index in [-0.39, 0.29) is 6.04 Å². The number of benzene rings is 2. The second kappa shape index (κ2) is 7.21. The Bertz CT molecular complexity index is 611. The zero-order valence-electron chi connectivity index (χ0n) is 11.5. The topological polar surface area (TPSA) is 12.0 Å². The maximum absolute atomic E-state index is 14.0. The van der Waals surface area contributed by atoms with Crippen molar-refractivity contribution < 1.29 is 8.78 Å². The number of nitrogens with one attached hydrogen (secondary N) is 1. The molecule has 21 heavy (non-hydrogen) atoms. The van der Waals surface area contributed by atoms with Gasteiger partial charge in [0, 0.05) is 27.7 Å². The van der Waals surface area contributed by atoms with E-state index >= 15 is 0 Å². The van der Waals surface area contributed by atoms with Crippen molar-refractivity contribution in [3.8, 4) is 0 Å². The molecule has 1 N–H and O–H groups in total. The predicted molar refractivity (Wildman–Crippen MR) is 82.9 cm³/mol. The second-order valence-electron chi connectivity index (χ2n) is 4.68. The van der Waals surface area contributed by atoms with Crippen molar-refractivity contribution in [1.82, 2.24) is 5.32 Å². The lowest BCUT2D eigenvalue weighted by atomic mass is 9.98. The van der Waals surface area contributed by atoms with Gasteiger partial charge >= 0.3 is 0 Å². The zero-order chi connectivity index (χ0) is 15.4. The van der Waals surface area contributed by atoms with E-state index in [2.05, 4.69) is 5.32 Å². The summed E-state index contributed by atoms with van der Waals surface area (Å²) in [5, 5.41) is 4.25. The minimum Gasteiger partial charge on any atom is -0.310 e. The van der Waals surface area contributed by atoms with Gasteiger partial charge < -0.3 is 5.32 Å². The molecule has 0 bridgehead atoms. The molecule has 0 aliphatic heterocycles. The van der Waals surface area contributed by atoms with Gasteiger partial charge in [-0.3, -0.25) is 0 Å². The van der Waals surface area contributed by atoms with Crippen molar-refractivity contribution in [3.63, 3.8) is 0 Å². The summed E-state index contributed by atoms with van der Waals surface area (Å²) >= 11 is 12.3. The summed E-state index contributed by atoms with van der Waals surface area (Å²) in [6, 6.07) is 8.50. The first-order valence-corrected chi connectivity index (χ1v) is 7.39. The molecule has 5 heteroatoms. The molecule has 1 nitrogen and oxygen atoms in total. The average Bonchev–Trinajstić information content (AvgIpc) is 2.42. The summed E-state index contributed by atoms with van der Waals surface area (Å²) in [7, 11) is 0. The SMILES string of the molecule is CCNC(Cc1c(Cl)cccc1Cl)c1ccc(F)cc1F. The zero-order valence-corrected chi connectivity index (χ0v) is 13.0. The van der Waals surface area contributed by atoms with Crippen LogP contribution in [0.25, 0.3) is 0 Å². The van der Waals surface area contributed by atoms with Gasteiger partial charge in [0.2, 0.25) is 0 Å². The molecule has 2 aromatic carbocycles. The molecule has 112 valence electrons. The molecule has 1 atom stereocenters. The van der Waals surface area contributed by atoms with Crippen molar-refractivity contribution in [2.75, 3.05) is 6.54 Å². The van der Waals surface area contributed by atoms with Crippen LogP contribution >= 0.6 is 23.2 Å². The number of hydrogen-bond donors (Lipinski definition) is 1. The first-order chi connectivity index (χ1) is 10.0.